The number of sulfonamides is 1. The minimum atomic E-state index is -3.28. The van der Waals surface area contributed by atoms with Gasteiger partial charge in [0.2, 0.25) is 10.0 Å². The van der Waals surface area contributed by atoms with Crippen molar-refractivity contribution in [2.24, 2.45) is 0 Å². The van der Waals surface area contributed by atoms with E-state index in [1.165, 1.54) is 0 Å². The van der Waals surface area contributed by atoms with Crippen LogP contribution in [0.15, 0.2) is 36.5 Å². The lowest BCUT2D eigenvalue weighted by atomic mass is 10.1. The first kappa shape index (κ1) is 19.9. The number of carbonyl (C=O) groups excluding carboxylic acids is 1. The molecule has 0 spiro atoms. The highest BCUT2D eigenvalue weighted by molar-refractivity contribution is 7.88. The molecule has 9 heteroatoms. The Balaban J connectivity index is 2.16. The van der Waals surface area contributed by atoms with Crippen molar-refractivity contribution in [1.29, 1.82) is 0 Å². The van der Waals surface area contributed by atoms with E-state index in [0.29, 0.717) is 5.82 Å². The Hall–Kier alpha value is -2.39. The Bertz CT molecular complexity index is 854. The van der Waals surface area contributed by atoms with Gasteiger partial charge in [0.25, 0.3) is 0 Å². The summed E-state index contributed by atoms with van der Waals surface area (Å²) in [5.41, 5.74) is 1.43. The summed E-state index contributed by atoms with van der Waals surface area (Å²) < 4.78 is 26.2. The maximum absolute atomic E-state index is 12.3. The van der Waals surface area contributed by atoms with Crippen LogP contribution in [0.3, 0.4) is 0 Å². The van der Waals surface area contributed by atoms with E-state index in [2.05, 4.69) is 20.5 Å². The molecule has 0 aliphatic carbocycles. The van der Waals surface area contributed by atoms with Gasteiger partial charge in [0.05, 0.1) is 18.0 Å². The molecule has 1 aromatic heterocycles. The van der Waals surface area contributed by atoms with Crippen molar-refractivity contribution < 1.29 is 13.2 Å². The monoisotopic (exact) mass is 379 g/mol. The maximum atomic E-state index is 12.3. The number of nitrogens with one attached hydrogen (secondary N) is 3. The molecule has 3 N–H and O–H groups in total. The van der Waals surface area contributed by atoms with Gasteiger partial charge in [-0.25, -0.2) is 22.6 Å². The van der Waals surface area contributed by atoms with Crippen molar-refractivity contribution in [3.8, 4) is 11.1 Å². The third-order valence-corrected chi connectivity index (χ3v) is 4.22. The molecule has 0 saturated heterocycles. The van der Waals surface area contributed by atoms with Gasteiger partial charge in [-0.3, -0.25) is 5.32 Å². The summed E-state index contributed by atoms with van der Waals surface area (Å²) in [5.74, 6) is 0.581. The molecule has 1 aromatic carbocycles. The summed E-state index contributed by atoms with van der Waals surface area (Å²) in [4.78, 5) is 12.3. The Labute approximate surface area is 154 Å². The normalized spacial score (nSPS) is 12.0. The van der Waals surface area contributed by atoms with Crippen molar-refractivity contribution in [3.63, 3.8) is 0 Å². The molecule has 1 heterocycles. The van der Waals surface area contributed by atoms with Gasteiger partial charge < -0.3 is 5.32 Å². The summed E-state index contributed by atoms with van der Waals surface area (Å²) in [6.45, 7) is 6.27. The summed E-state index contributed by atoms with van der Waals surface area (Å²) in [5, 5.41) is 9.90. The van der Waals surface area contributed by atoms with Gasteiger partial charge >= 0.3 is 6.03 Å². The van der Waals surface area contributed by atoms with Crippen LogP contribution in [0.2, 0.25) is 0 Å². The fraction of sp³-hybridized carbons (Fsp3) is 0.412. The number of carbonyl (C=O) groups is 1. The minimum absolute atomic E-state index is 0.121. The lowest BCUT2D eigenvalue weighted by Crippen LogP contribution is -2.37. The summed E-state index contributed by atoms with van der Waals surface area (Å²) >= 11 is 0. The number of anilines is 1. The van der Waals surface area contributed by atoms with Crippen molar-refractivity contribution in [2.45, 2.75) is 26.3 Å². The molecule has 26 heavy (non-hydrogen) atoms. The quantitative estimate of drug-likeness (QED) is 0.667. The van der Waals surface area contributed by atoms with Crippen LogP contribution in [-0.4, -0.2) is 43.6 Å². The predicted molar refractivity (Wildman–Crippen MR) is 103 cm³/mol. The molecule has 0 radical (unpaired) electrons. The second-order valence-electron chi connectivity index (χ2n) is 6.90. The number of benzene rings is 1. The van der Waals surface area contributed by atoms with E-state index >= 15 is 0 Å². The van der Waals surface area contributed by atoms with E-state index < -0.39 is 16.1 Å². The van der Waals surface area contributed by atoms with Gasteiger partial charge in [-0.05, 0) is 26.3 Å². The number of amides is 2. The second kappa shape index (κ2) is 7.88. The third kappa shape index (κ3) is 5.57. The first-order valence-electron chi connectivity index (χ1n) is 8.21. The van der Waals surface area contributed by atoms with Gasteiger partial charge in [0, 0.05) is 18.7 Å². The largest absolute Gasteiger partial charge is 0.337 e. The van der Waals surface area contributed by atoms with Gasteiger partial charge in [-0.1, -0.05) is 30.3 Å². The zero-order chi connectivity index (χ0) is 19.4. The Morgan fingerprint density at radius 3 is 2.38 bits per heavy atom. The second-order valence-corrected chi connectivity index (χ2v) is 8.74. The topological polar surface area (TPSA) is 105 Å². The highest BCUT2D eigenvalue weighted by atomic mass is 32.2. The van der Waals surface area contributed by atoms with E-state index in [-0.39, 0.29) is 18.6 Å². The summed E-state index contributed by atoms with van der Waals surface area (Å²) in [6.07, 6.45) is 2.79. The molecule has 142 valence electrons. The number of nitrogens with zero attached hydrogens (tertiary/aromatic N) is 2. The van der Waals surface area contributed by atoms with Crippen LogP contribution in [0.5, 0.6) is 0 Å². The van der Waals surface area contributed by atoms with Crippen molar-refractivity contribution in [1.82, 2.24) is 19.8 Å². The summed E-state index contributed by atoms with van der Waals surface area (Å²) in [6, 6.07) is 9.23. The van der Waals surface area contributed by atoms with Gasteiger partial charge in [0.15, 0.2) is 0 Å². The molecule has 2 amide bonds. The molecule has 0 bridgehead atoms. The van der Waals surface area contributed by atoms with Crippen LogP contribution < -0.4 is 15.4 Å². The summed E-state index contributed by atoms with van der Waals surface area (Å²) in [7, 11) is -3.28. The molecular weight excluding hydrogens is 354 g/mol. The van der Waals surface area contributed by atoms with Gasteiger partial charge in [0.1, 0.15) is 5.82 Å². The molecule has 0 atom stereocenters. The highest BCUT2D eigenvalue weighted by Gasteiger charge is 2.23. The van der Waals surface area contributed by atoms with E-state index in [4.69, 9.17) is 0 Å². The first-order valence-corrected chi connectivity index (χ1v) is 10.1. The molecule has 8 nitrogen and oxygen atoms in total. The highest BCUT2D eigenvalue weighted by Crippen LogP contribution is 2.31. The molecule has 0 aliphatic rings. The molecule has 0 unspecified atom stereocenters. The molecule has 0 saturated carbocycles. The fourth-order valence-electron chi connectivity index (χ4n) is 2.37. The third-order valence-electron chi connectivity index (χ3n) is 3.50. The zero-order valence-corrected chi connectivity index (χ0v) is 16.2. The Morgan fingerprint density at radius 1 is 1.15 bits per heavy atom. The number of rotatable bonds is 6. The first-order chi connectivity index (χ1) is 12.1. The van der Waals surface area contributed by atoms with Crippen LogP contribution in [0.4, 0.5) is 10.6 Å². The number of urea groups is 1. The van der Waals surface area contributed by atoms with Crippen LogP contribution in [0, 0.1) is 0 Å². The van der Waals surface area contributed by atoms with E-state index in [1.807, 2.05) is 51.1 Å². The molecule has 0 aliphatic heterocycles. The lowest BCUT2D eigenvalue weighted by molar-refractivity contribution is 0.251. The van der Waals surface area contributed by atoms with E-state index in [0.717, 1.165) is 17.4 Å². The number of hydrogen-bond acceptors (Lipinski definition) is 4. The number of aromatic nitrogens is 2. The predicted octanol–water partition coefficient (Wildman–Crippen LogP) is 1.98. The van der Waals surface area contributed by atoms with Crippen molar-refractivity contribution in [3.05, 3.63) is 36.5 Å². The van der Waals surface area contributed by atoms with E-state index in [1.54, 1.807) is 10.9 Å². The van der Waals surface area contributed by atoms with Crippen LogP contribution in [-0.2, 0) is 15.6 Å². The van der Waals surface area contributed by atoms with Crippen LogP contribution >= 0.6 is 0 Å². The zero-order valence-electron chi connectivity index (χ0n) is 15.4. The van der Waals surface area contributed by atoms with Crippen LogP contribution in [0.1, 0.15) is 20.8 Å². The Kier molecular flexibility index (Phi) is 6.04. The smallest absolute Gasteiger partial charge is 0.320 e. The molecule has 0 fully saturated rings. The minimum Gasteiger partial charge on any atom is -0.337 e. The SMILES string of the molecule is CC(C)(C)n1ncc(-c2ccccc2)c1NC(=O)NCCNS(C)(=O)=O. The Morgan fingerprint density at radius 2 is 1.81 bits per heavy atom. The average molecular weight is 379 g/mol. The molecule has 2 aromatic rings. The molecular formula is C17H25N5O3S. The number of hydrogen-bond donors (Lipinski definition) is 3. The lowest BCUT2D eigenvalue weighted by Gasteiger charge is -2.23. The standard InChI is InChI=1S/C17H25N5O3S/c1-17(2,3)22-15(14(12-19-22)13-8-6-5-7-9-13)21-16(23)18-10-11-20-26(4,24)25/h5-9,12,20H,10-11H2,1-4H3,(H2,18,21,23). The molecule has 2 rings (SSSR count). The average Bonchev–Trinajstić information content (AvgIpc) is 2.95. The van der Waals surface area contributed by atoms with Crippen molar-refractivity contribution >= 4 is 21.9 Å². The van der Waals surface area contributed by atoms with E-state index in [9.17, 15) is 13.2 Å². The van der Waals surface area contributed by atoms with Crippen LogP contribution in [0.25, 0.3) is 11.1 Å². The van der Waals surface area contributed by atoms with Gasteiger partial charge in [-0.15, -0.1) is 0 Å². The fourth-order valence-corrected chi connectivity index (χ4v) is 2.84. The van der Waals surface area contributed by atoms with Crippen molar-refractivity contribution in [2.75, 3.05) is 24.7 Å². The van der Waals surface area contributed by atoms with Gasteiger partial charge in [-0.2, -0.15) is 5.10 Å². The maximum Gasteiger partial charge on any atom is 0.320 e.